The number of carbonyl (C=O) groups excluding carboxylic acids is 1. The Morgan fingerprint density at radius 2 is 2.33 bits per heavy atom. The molecular weight excluding hydrogens is 150 g/mol. The van der Waals surface area contributed by atoms with Crippen molar-refractivity contribution in [3.8, 4) is 0 Å². The largest absolute Gasteiger partial charge is 0.356 e. The van der Waals surface area contributed by atoms with Gasteiger partial charge in [-0.1, -0.05) is 6.92 Å². The van der Waals surface area contributed by atoms with Crippen molar-refractivity contribution in [3.05, 3.63) is 0 Å². The summed E-state index contributed by atoms with van der Waals surface area (Å²) >= 11 is 0. The van der Waals surface area contributed by atoms with Gasteiger partial charge in [0.05, 0.1) is 0 Å². The summed E-state index contributed by atoms with van der Waals surface area (Å²) in [6.07, 6.45) is 4.88. The molecule has 2 atom stereocenters. The van der Waals surface area contributed by atoms with Gasteiger partial charge in [-0.05, 0) is 37.0 Å². The van der Waals surface area contributed by atoms with E-state index in [-0.39, 0.29) is 5.91 Å². The van der Waals surface area contributed by atoms with Crippen molar-refractivity contribution in [2.24, 2.45) is 17.8 Å². The first-order chi connectivity index (χ1) is 5.75. The summed E-state index contributed by atoms with van der Waals surface area (Å²) < 4.78 is 0. The fourth-order valence-electron chi connectivity index (χ4n) is 2.21. The van der Waals surface area contributed by atoms with E-state index < -0.39 is 0 Å². The molecule has 2 heteroatoms. The Balaban J connectivity index is 1.75. The molecule has 2 aliphatic rings. The highest BCUT2D eigenvalue weighted by Gasteiger charge is 2.31. The highest BCUT2D eigenvalue weighted by atomic mass is 16.1. The number of rotatable bonds is 3. The average Bonchev–Trinajstić information content (AvgIpc) is 2.78. The molecule has 0 aromatic carbocycles. The van der Waals surface area contributed by atoms with Crippen molar-refractivity contribution in [2.45, 2.75) is 32.6 Å². The summed E-state index contributed by atoms with van der Waals surface area (Å²) in [6, 6.07) is 0. The normalized spacial score (nSPS) is 31.8. The van der Waals surface area contributed by atoms with Gasteiger partial charge in [0, 0.05) is 13.0 Å². The van der Waals surface area contributed by atoms with E-state index in [2.05, 4.69) is 12.2 Å². The Morgan fingerprint density at radius 1 is 1.58 bits per heavy atom. The molecule has 1 heterocycles. The molecule has 2 unspecified atom stereocenters. The molecular formula is C10H17NO. The highest BCUT2D eigenvalue weighted by molar-refractivity contribution is 5.78. The smallest absolute Gasteiger partial charge is 0.220 e. The van der Waals surface area contributed by atoms with E-state index in [0.29, 0.717) is 5.92 Å². The van der Waals surface area contributed by atoms with Gasteiger partial charge in [-0.15, -0.1) is 0 Å². The second-order valence-electron chi connectivity index (χ2n) is 4.42. The number of amides is 1. The van der Waals surface area contributed by atoms with Crippen LogP contribution in [0.25, 0.3) is 0 Å². The molecule has 1 amide bonds. The molecule has 12 heavy (non-hydrogen) atoms. The monoisotopic (exact) mass is 167 g/mol. The molecule has 0 radical (unpaired) electrons. The maximum absolute atomic E-state index is 10.9. The Bertz CT molecular complexity index is 186. The third-order valence-electron chi connectivity index (χ3n) is 3.19. The minimum atomic E-state index is 0.253. The maximum atomic E-state index is 10.9. The fourth-order valence-corrected chi connectivity index (χ4v) is 2.21. The van der Waals surface area contributed by atoms with Crippen molar-refractivity contribution in [2.75, 3.05) is 6.54 Å². The molecule has 1 N–H and O–H groups in total. The zero-order chi connectivity index (χ0) is 8.55. The van der Waals surface area contributed by atoms with Gasteiger partial charge in [-0.3, -0.25) is 4.79 Å². The zero-order valence-electron chi connectivity index (χ0n) is 7.68. The van der Waals surface area contributed by atoms with E-state index in [9.17, 15) is 4.79 Å². The summed E-state index contributed by atoms with van der Waals surface area (Å²) in [5.74, 6) is 2.72. The van der Waals surface area contributed by atoms with Gasteiger partial charge < -0.3 is 5.32 Å². The predicted octanol–water partition coefficient (Wildman–Crippen LogP) is 1.56. The van der Waals surface area contributed by atoms with E-state index in [4.69, 9.17) is 0 Å². The summed E-state index contributed by atoms with van der Waals surface area (Å²) in [5.41, 5.74) is 0. The molecule has 1 saturated heterocycles. The van der Waals surface area contributed by atoms with E-state index in [1.165, 1.54) is 19.3 Å². The van der Waals surface area contributed by atoms with E-state index >= 15 is 0 Å². The highest BCUT2D eigenvalue weighted by Crippen LogP contribution is 2.40. The van der Waals surface area contributed by atoms with Crippen LogP contribution in [0.5, 0.6) is 0 Å². The Morgan fingerprint density at radius 3 is 2.83 bits per heavy atom. The lowest BCUT2D eigenvalue weighted by Gasteiger charge is -2.13. The van der Waals surface area contributed by atoms with Gasteiger partial charge in [0.25, 0.3) is 0 Å². The first-order valence-electron chi connectivity index (χ1n) is 5.02. The van der Waals surface area contributed by atoms with Crippen LogP contribution in [0.1, 0.15) is 32.6 Å². The summed E-state index contributed by atoms with van der Waals surface area (Å²) in [7, 11) is 0. The Hall–Kier alpha value is -0.530. The lowest BCUT2D eigenvalue weighted by Crippen LogP contribution is -2.14. The molecule has 1 saturated carbocycles. The van der Waals surface area contributed by atoms with Crippen molar-refractivity contribution in [1.82, 2.24) is 5.32 Å². The molecule has 2 fully saturated rings. The van der Waals surface area contributed by atoms with Crippen molar-refractivity contribution < 1.29 is 4.79 Å². The van der Waals surface area contributed by atoms with Crippen molar-refractivity contribution >= 4 is 5.91 Å². The first kappa shape index (κ1) is 8.09. The van der Waals surface area contributed by atoms with Crippen molar-refractivity contribution in [3.63, 3.8) is 0 Å². The number of hydrogen-bond donors (Lipinski definition) is 1. The molecule has 2 nitrogen and oxygen atoms in total. The minimum Gasteiger partial charge on any atom is -0.356 e. The van der Waals surface area contributed by atoms with Crippen LogP contribution in [0.2, 0.25) is 0 Å². The van der Waals surface area contributed by atoms with Crippen LogP contribution in [-0.2, 0) is 4.79 Å². The van der Waals surface area contributed by atoms with Gasteiger partial charge in [-0.2, -0.15) is 0 Å². The van der Waals surface area contributed by atoms with E-state index in [1.54, 1.807) is 0 Å². The summed E-state index contributed by atoms with van der Waals surface area (Å²) in [4.78, 5) is 10.9. The second-order valence-corrected chi connectivity index (χ2v) is 4.42. The van der Waals surface area contributed by atoms with Crippen LogP contribution in [0.4, 0.5) is 0 Å². The topological polar surface area (TPSA) is 29.1 Å². The number of hydrogen-bond acceptors (Lipinski definition) is 1. The van der Waals surface area contributed by atoms with Crippen LogP contribution in [0.15, 0.2) is 0 Å². The summed E-state index contributed by atoms with van der Waals surface area (Å²) in [6.45, 7) is 3.26. The predicted molar refractivity (Wildman–Crippen MR) is 47.6 cm³/mol. The second kappa shape index (κ2) is 3.08. The standard InChI is InChI=1S/C10H17NO/c1-7(9-2-3-9)4-8-5-10(12)11-6-8/h7-9H,2-6H2,1H3,(H,11,12). The Labute approximate surface area is 73.7 Å². The first-order valence-corrected chi connectivity index (χ1v) is 5.02. The third-order valence-corrected chi connectivity index (χ3v) is 3.19. The summed E-state index contributed by atoms with van der Waals surface area (Å²) in [5, 5.41) is 2.90. The SMILES string of the molecule is CC(CC1CNC(=O)C1)C1CC1. The zero-order valence-corrected chi connectivity index (χ0v) is 7.68. The quantitative estimate of drug-likeness (QED) is 0.679. The van der Waals surface area contributed by atoms with Gasteiger partial charge in [0.2, 0.25) is 5.91 Å². The molecule has 2 rings (SSSR count). The molecule has 68 valence electrons. The minimum absolute atomic E-state index is 0.253. The molecule has 0 aromatic rings. The van der Waals surface area contributed by atoms with Crippen LogP contribution in [0, 0.1) is 17.8 Å². The van der Waals surface area contributed by atoms with E-state index in [0.717, 1.165) is 24.8 Å². The number of carbonyl (C=O) groups is 1. The van der Waals surface area contributed by atoms with Crippen LogP contribution in [-0.4, -0.2) is 12.5 Å². The third kappa shape index (κ3) is 1.79. The van der Waals surface area contributed by atoms with Gasteiger partial charge in [0.1, 0.15) is 0 Å². The van der Waals surface area contributed by atoms with E-state index in [1.807, 2.05) is 0 Å². The Kier molecular flexibility index (Phi) is 2.07. The molecule has 0 bridgehead atoms. The van der Waals surface area contributed by atoms with Gasteiger partial charge in [0.15, 0.2) is 0 Å². The lowest BCUT2D eigenvalue weighted by atomic mass is 9.92. The van der Waals surface area contributed by atoms with Crippen LogP contribution in [0.3, 0.4) is 0 Å². The van der Waals surface area contributed by atoms with Gasteiger partial charge in [-0.25, -0.2) is 0 Å². The van der Waals surface area contributed by atoms with Crippen LogP contribution < -0.4 is 5.32 Å². The van der Waals surface area contributed by atoms with Crippen molar-refractivity contribution in [1.29, 1.82) is 0 Å². The molecule has 1 aliphatic carbocycles. The molecule has 1 aliphatic heterocycles. The average molecular weight is 167 g/mol. The molecule has 0 spiro atoms. The maximum Gasteiger partial charge on any atom is 0.220 e. The van der Waals surface area contributed by atoms with Gasteiger partial charge >= 0.3 is 0 Å². The number of nitrogens with one attached hydrogen (secondary N) is 1. The lowest BCUT2D eigenvalue weighted by molar-refractivity contribution is -0.119. The fraction of sp³-hybridized carbons (Fsp3) is 0.900. The van der Waals surface area contributed by atoms with Crippen LogP contribution >= 0.6 is 0 Å². The molecule has 0 aromatic heterocycles.